The molecule has 2 N–H and O–H groups in total. The SMILES string of the molecule is CCC(CC(O)CO)c1cc(Cl)c(C)cc1OC. The molecule has 0 amide bonds. The van der Waals surface area contributed by atoms with Crippen LogP contribution in [0.4, 0.5) is 0 Å². The summed E-state index contributed by atoms with van der Waals surface area (Å²) >= 11 is 6.15. The zero-order chi connectivity index (χ0) is 13.7. The van der Waals surface area contributed by atoms with Crippen molar-refractivity contribution >= 4 is 11.6 Å². The summed E-state index contributed by atoms with van der Waals surface area (Å²) in [6.07, 6.45) is 0.648. The van der Waals surface area contributed by atoms with Crippen LogP contribution in [0, 0.1) is 6.92 Å². The summed E-state index contributed by atoms with van der Waals surface area (Å²) in [6.45, 7) is 3.75. The third-order valence-electron chi connectivity index (χ3n) is 3.21. The van der Waals surface area contributed by atoms with Crippen LogP contribution in [-0.2, 0) is 0 Å². The van der Waals surface area contributed by atoms with E-state index < -0.39 is 6.10 Å². The zero-order valence-electron chi connectivity index (χ0n) is 11.1. The molecule has 1 aromatic carbocycles. The van der Waals surface area contributed by atoms with Crippen LogP contribution in [0.15, 0.2) is 12.1 Å². The predicted octanol–water partition coefficient (Wildman–Crippen LogP) is 2.89. The van der Waals surface area contributed by atoms with Crippen LogP contribution >= 0.6 is 11.6 Å². The van der Waals surface area contributed by atoms with Gasteiger partial charge in [-0.15, -0.1) is 0 Å². The van der Waals surface area contributed by atoms with Gasteiger partial charge in [0.2, 0.25) is 0 Å². The number of methoxy groups -OCH3 is 1. The topological polar surface area (TPSA) is 49.7 Å². The Morgan fingerprint density at radius 3 is 2.56 bits per heavy atom. The van der Waals surface area contributed by atoms with E-state index in [2.05, 4.69) is 0 Å². The number of hydrogen-bond donors (Lipinski definition) is 2. The lowest BCUT2D eigenvalue weighted by molar-refractivity contribution is 0.0815. The predicted molar refractivity (Wildman–Crippen MR) is 73.5 cm³/mol. The molecule has 0 fully saturated rings. The molecule has 0 bridgehead atoms. The van der Waals surface area contributed by atoms with E-state index in [0.717, 1.165) is 23.3 Å². The van der Waals surface area contributed by atoms with Crippen molar-refractivity contribution in [2.75, 3.05) is 13.7 Å². The van der Waals surface area contributed by atoms with Crippen LogP contribution in [0.2, 0.25) is 5.02 Å². The van der Waals surface area contributed by atoms with E-state index in [0.29, 0.717) is 11.4 Å². The summed E-state index contributed by atoms with van der Waals surface area (Å²) in [6, 6.07) is 3.81. The molecule has 1 aromatic rings. The summed E-state index contributed by atoms with van der Waals surface area (Å²) in [7, 11) is 1.63. The summed E-state index contributed by atoms with van der Waals surface area (Å²) in [4.78, 5) is 0. The Hall–Kier alpha value is -0.770. The van der Waals surface area contributed by atoms with Gasteiger partial charge in [-0.25, -0.2) is 0 Å². The highest BCUT2D eigenvalue weighted by Gasteiger charge is 2.19. The van der Waals surface area contributed by atoms with Gasteiger partial charge in [-0.3, -0.25) is 0 Å². The van der Waals surface area contributed by atoms with Gasteiger partial charge in [-0.1, -0.05) is 18.5 Å². The quantitative estimate of drug-likeness (QED) is 0.837. The Morgan fingerprint density at radius 1 is 1.39 bits per heavy atom. The van der Waals surface area contributed by atoms with Crippen molar-refractivity contribution in [3.63, 3.8) is 0 Å². The fraction of sp³-hybridized carbons (Fsp3) is 0.571. The van der Waals surface area contributed by atoms with E-state index in [9.17, 15) is 5.11 Å². The monoisotopic (exact) mass is 272 g/mol. The first-order chi connectivity index (χ1) is 8.53. The molecule has 0 aromatic heterocycles. The van der Waals surface area contributed by atoms with Crippen LogP contribution in [-0.4, -0.2) is 30.0 Å². The van der Waals surface area contributed by atoms with Crippen LogP contribution in [0.1, 0.15) is 36.8 Å². The molecule has 0 heterocycles. The molecular weight excluding hydrogens is 252 g/mol. The first kappa shape index (κ1) is 15.3. The van der Waals surface area contributed by atoms with Gasteiger partial charge in [0.25, 0.3) is 0 Å². The number of hydrogen-bond acceptors (Lipinski definition) is 3. The van der Waals surface area contributed by atoms with Gasteiger partial charge in [0, 0.05) is 5.02 Å². The van der Waals surface area contributed by atoms with Gasteiger partial charge in [0.15, 0.2) is 0 Å². The van der Waals surface area contributed by atoms with Gasteiger partial charge in [0.05, 0.1) is 19.8 Å². The molecular formula is C14H21ClO3. The van der Waals surface area contributed by atoms with Crippen LogP contribution in [0.25, 0.3) is 0 Å². The van der Waals surface area contributed by atoms with Gasteiger partial charge in [-0.05, 0) is 48.9 Å². The smallest absolute Gasteiger partial charge is 0.122 e. The van der Waals surface area contributed by atoms with Crippen molar-refractivity contribution in [2.45, 2.75) is 38.7 Å². The second kappa shape index (κ2) is 6.98. The third kappa shape index (κ3) is 3.61. The zero-order valence-corrected chi connectivity index (χ0v) is 11.9. The first-order valence-corrected chi connectivity index (χ1v) is 6.54. The number of aryl methyl sites for hydroxylation is 1. The Labute approximate surface area is 113 Å². The molecule has 0 aliphatic heterocycles. The molecule has 102 valence electrons. The average Bonchev–Trinajstić information content (AvgIpc) is 2.38. The molecule has 3 nitrogen and oxygen atoms in total. The standard InChI is InChI=1S/C14H21ClO3/c1-4-10(6-11(17)8-16)12-7-13(15)9(2)5-14(12)18-3/h5,7,10-11,16-17H,4,6,8H2,1-3H3. The highest BCUT2D eigenvalue weighted by atomic mass is 35.5. The first-order valence-electron chi connectivity index (χ1n) is 6.16. The number of benzene rings is 1. The summed E-state index contributed by atoms with van der Waals surface area (Å²) in [5.41, 5.74) is 1.96. The van der Waals surface area contributed by atoms with E-state index in [1.807, 2.05) is 26.0 Å². The maximum absolute atomic E-state index is 9.58. The molecule has 0 radical (unpaired) electrons. The highest BCUT2D eigenvalue weighted by molar-refractivity contribution is 6.31. The number of aliphatic hydroxyl groups excluding tert-OH is 2. The Kier molecular flexibility index (Phi) is 5.93. The lowest BCUT2D eigenvalue weighted by Gasteiger charge is -2.21. The van der Waals surface area contributed by atoms with Gasteiger partial charge in [0.1, 0.15) is 5.75 Å². The number of ether oxygens (including phenoxy) is 1. The van der Waals surface area contributed by atoms with Crippen molar-refractivity contribution in [1.82, 2.24) is 0 Å². The van der Waals surface area contributed by atoms with E-state index in [4.69, 9.17) is 21.4 Å². The van der Waals surface area contributed by atoms with Crippen LogP contribution in [0.3, 0.4) is 0 Å². The Bertz CT molecular complexity index is 393. The van der Waals surface area contributed by atoms with E-state index >= 15 is 0 Å². The van der Waals surface area contributed by atoms with Crippen LogP contribution in [0.5, 0.6) is 5.75 Å². The van der Waals surface area contributed by atoms with Crippen molar-refractivity contribution in [3.05, 3.63) is 28.3 Å². The fourth-order valence-electron chi connectivity index (χ4n) is 2.08. The largest absolute Gasteiger partial charge is 0.496 e. The van der Waals surface area contributed by atoms with Crippen molar-refractivity contribution in [2.24, 2.45) is 0 Å². The number of rotatable bonds is 6. The van der Waals surface area contributed by atoms with E-state index in [1.54, 1.807) is 7.11 Å². The molecule has 18 heavy (non-hydrogen) atoms. The maximum Gasteiger partial charge on any atom is 0.122 e. The van der Waals surface area contributed by atoms with E-state index in [1.165, 1.54) is 0 Å². The number of halogens is 1. The summed E-state index contributed by atoms with van der Waals surface area (Å²) < 4.78 is 5.38. The van der Waals surface area contributed by atoms with E-state index in [-0.39, 0.29) is 12.5 Å². The van der Waals surface area contributed by atoms with Gasteiger partial charge in [-0.2, -0.15) is 0 Å². The summed E-state index contributed by atoms with van der Waals surface area (Å²) in [5.74, 6) is 0.911. The average molecular weight is 273 g/mol. The normalized spacial score (nSPS) is 14.3. The minimum Gasteiger partial charge on any atom is -0.496 e. The summed E-state index contributed by atoms with van der Waals surface area (Å²) in [5, 5.41) is 19.2. The number of aliphatic hydroxyl groups is 2. The minimum atomic E-state index is -0.709. The molecule has 2 unspecified atom stereocenters. The molecule has 2 atom stereocenters. The van der Waals surface area contributed by atoms with Crippen LogP contribution < -0.4 is 4.74 Å². The molecule has 0 saturated carbocycles. The second-order valence-corrected chi connectivity index (χ2v) is 4.93. The Balaban J connectivity index is 3.07. The van der Waals surface area contributed by atoms with Crippen molar-refractivity contribution in [1.29, 1.82) is 0 Å². The fourth-order valence-corrected chi connectivity index (χ4v) is 2.25. The molecule has 0 aliphatic rings. The van der Waals surface area contributed by atoms with Crippen molar-refractivity contribution in [3.8, 4) is 5.75 Å². The molecule has 1 rings (SSSR count). The minimum absolute atomic E-state index is 0.125. The lowest BCUT2D eigenvalue weighted by Crippen LogP contribution is -2.16. The van der Waals surface area contributed by atoms with Gasteiger partial charge < -0.3 is 14.9 Å². The molecule has 4 heteroatoms. The highest BCUT2D eigenvalue weighted by Crippen LogP contribution is 2.35. The Morgan fingerprint density at radius 2 is 2.06 bits per heavy atom. The molecule has 0 aliphatic carbocycles. The van der Waals surface area contributed by atoms with Crippen molar-refractivity contribution < 1.29 is 14.9 Å². The third-order valence-corrected chi connectivity index (χ3v) is 3.62. The molecule has 0 spiro atoms. The van der Waals surface area contributed by atoms with Gasteiger partial charge >= 0.3 is 0 Å². The maximum atomic E-state index is 9.58. The molecule has 0 saturated heterocycles. The second-order valence-electron chi connectivity index (χ2n) is 4.52. The lowest BCUT2D eigenvalue weighted by atomic mass is 9.89.